The minimum atomic E-state index is -1.11. The molecular weight excluding hydrogens is 568 g/mol. The zero-order valence-corrected chi connectivity index (χ0v) is 24.7. The van der Waals surface area contributed by atoms with Crippen molar-refractivity contribution in [1.82, 2.24) is 0 Å². The van der Waals surface area contributed by atoms with E-state index in [1.54, 1.807) is 26.0 Å². The standard InChI is InChI=1S/C34H30O10/c1-13(2)6-8-16-22-27(33(42)25-19(37)10-9-18(36)24(25)31(22)40)28-23(16)32(41)29-26(34(28)43)20(38)12-17(30(29)39)21(44-15(5)35)11-7-14(3)4/h6-7,9-10,12,21,39-43H,8,11H2,1-5H3. The van der Waals surface area contributed by atoms with E-state index in [-0.39, 0.29) is 45.5 Å². The van der Waals surface area contributed by atoms with Crippen LogP contribution in [0.1, 0.15) is 58.3 Å². The number of esters is 1. The number of phenols is 5. The number of carbonyl (C=O) groups is 1. The number of benzene rings is 4. The summed E-state index contributed by atoms with van der Waals surface area (Å²) in [6.45, 7) is 8.41. The fourth-order valence-electron chi connectivity index (χ4n) is 5.88. The van der Waals surface area contributed by atoms with Gasteiger partial charge in [0.25, 0.3) is 0 Å². The molecular formula is C34H30O10. The third-order valence-electron chi connectivity index (χ3n) is 7.78. The number of ether oxygens (including phenoxy) is 1. The smallest absolute Gasteiger partial charge is 0.303 e. The van der Waals surface area contributed by atoms with E-state index >= 15 is 0 Å². The van der Waals surface area contributed by atoms with Gasteiger partial charge in [-0.2, -0.15) is 0 Å². The van der Waals surface area contributed by atoms with Crippen LogP contribution in [-0.2, 0) is 16.0 Å². The molecule has 0 spiro atoms. The number of aromatic hydroxyl groups is 5. The maximum absolute atomic E-state index is 13.6. The second-order valence-corrected chi connectivity index (χ2v) is 11.3. The largest absolute Gasteiger partial charge is 0.507 e. The molecule has 10 heteroatoms. The average molecular weight is 599 g/mol. The number of allylic oxidation sites excluding steroid dienone is 3. The summed E-state index contributed by atoms with van der Waals surface area (Å²) in [6.07, 6.45) is 2.50. The van der Waals surface area contributed by atoms with Crippen LogP contribution in [0.4, 0.5) is 0 Å². The molecule has 0 heterocycles. The molecule has 5 N–H and O–H groups in total. The van der Waals surface area contributed by atoms with Crippen molar-refractivity contribution in [3.8, 4) is 28.7 Å². The number of phenolic OH excluding ortho intramolecular Hbond substituents is 5. The van der Waals surface area contributed by atoms with Crippen LogP contribution < -0.4 is 16.3 Å². The van der Waals surface area contributed by atoms with Crippen molar-refractivity contribution in [3.63, 3.8) is 0 Å². The lowest BCUT2D eigenvalue weighted by Crippen LogP contribution is -2.12. The average Bonchev–Trinajstić information content (AvgIpc) is 3.29. The topological polar surface area (TPSA) is 179 Å². The van der Waals surface area contributed by atoms with Crippen molar-refractivity contribution in [1.29, 1.82) is 0 Å². The second kappa shape index (κ2) is 10.7. The van der Waals surface area contributed by atoms with Crippen molar-refractivity contribution >= 4 is 49.1 Å². The Bertz CT molecular complexity index is 2270. The normalized spacial score (nSPS) is 12.2. The van der Waals surface area contributed by atoms with Crippen LogP contribution in [0.15, 0.2) is 55.9 Å². The Hall–Kier alpha value is -5.38. The van der Waals surface area contributed by atoms with Crippen molar-refractivity contribution in [3.05, 3.63) is 83.3 Å². The van der Waals surface area contributed by atoms with Crippen LogP contribution in [0.5, 0.6) is 28.7 Å². The van der Waals surface area contributed by atoms with Gasteiger partial charge in [-0.25, -0.2) is 0 Å². The fraction of sp³-hybridized carbons (Fsp3) is 0.235. The van der Waals surface area contributed by atoms with Crippen LogP contribution in [-0.4, -0.2) is 31.5 Å². The summed E-state index contributed by atoms with van der Waals surface area (Å²) in [5, 5.41) is 55.2. The van der Waals surface area contributed by atoms with Crippen LogP contribution in [0.2, 0.25) is 0 Å². The van der Waals surface area contributed by atoms with Crippen molar-refractivity contribution in [2.45, 2.75) is 53.6 Å². The van der Waals surface area contributed by atoms with Crippen molar-refractivity contribution < 1.29 is 35.1 Å². The van der Waals surface area contributed by atoms with Crippen LogP contribution in [0, 0.1) is 0 Å². The summed E-state index contributed by atoms with van der Waals surface area (Å²) >= 11 is 0. The minimum absolute atomic E-state index is 0.0198. The molecule has 226 valence electrons. The molecule has 44 heavy (non-hydrogen) atoms. The molecule has 0 fully saturated rings. The Morgan fingerprint density at radius 3 is 1.57 bits per heavy atom. The van der Waals surface area contributed by atoms with E-state index in [4.69, 9.17) is 4.74 Å². The Balaban J connectivity index is 2.06. The Morgan fingerprint density at radius 2 is 1.09 bits per heavy atom. The molecule has 5 aromatic carbocycles. The van der Waals surface area contributed by atoms with Gasteiger partial charge in [0.1, 0.15) is 34.9 Å². The first-order valence-electron chi connectivity index (χ1n) is 13.8. The number of carbonyl (C=O) groups excluding carboxylic acids is 1. The van der Waals surface area contributed by atoms with E-state index < -0.39 is 78.7 Å². The quantitative estimate of drug-likeness (QED) is 0.0984. The van der Waals surface area contributed by atoms with E-state index in [0.29, 0.717) is 0 Å². The maximum Gasteiger partial charge on any atom is 0.303 e. The minimum Gasteiger partial charge on any atom is -0.507 e. The molecule has 0 saturated carbocycles. The first-order valence-corrected chi connectivity index (χ1v) is 13.8. The van der Waals surface area contributed by atoms with Crippen molar-refractivity contribution in [2.24, 2.45) is 0 Å². The zero-order chi connectivity index (χ0) is 32.4. The second-order valence-electron chi connectivity index (χ2n) is 11.3. The predicted molar refractivity (Wildman–Crippen MR) is 168 cm³/mol. The van der Waals surface area contributed by atoms with Gasteiger partial charge in [-0.15, -0.1) is 0 Å². The molecule has 0 radical (unpaired) electrons. The van der Waals surface area contributed by atoms with Gasteiger partial charge in [-0.1, -0.05) is 23.3 Å². The van der Waals surface area contributed by atoms with Crippen LogP contribution in [0.3, 0.4) is 0 Å². The first kappa shape index (κ1) is 30.1. The van der Waals surface area contributed by atoms with Gasteiger partial charge in [0, 0.05) is 40.5 Å². The monoisotopic (exact) mass is 598 g/mol. The van der Waals surface area contributed by atoms with E-state index in [2.05, 4.69) is 0 Å². The summed E-state index contributed by atoms with van der Waals surface area (Å²) < 4.78 is 5.40. The van der Waals surface area contributed by atoms with Gasteiger partial charge >= 0.3 is 5.97 Å². The molecule has 0 aliphatic heterocycles. The molecule has 0 aliphatic carbocycles. The Kier molecular flexibility index (Phi) is 7.33. The molecule has 5 aromatic rings. The lowest BCUT2D eigenvalue weighted by atomic mass is 9.94. The number of hydrogen-bond donors (Lipinski definition) is 5. The molecule has 0 saturated heterocycles. The molecule has 1 unspecified atom stereocenters. The summed E-state index contributed by atoms with van der Waals surface area (Å²) in [5.41, 5.74) is -0.559. The first-order chi connectivity index (χ1) is 20.7. The third kappa shape index (κ3) is 4.50. The van der Waals surface area contributed by atoms with Crippen LogP contribution >= 0.6 is 0 Å². The highest BCUT2D eigenvalue weighted by Gasteiger charge is 2.32. The highest BCUT2D eigenvalue weighted by molar-refractivity contribution is 6.31. The molecule has 1 atom stereocenters. The molecule has 0 aromatic heterocycles. The van der Waals surface area contributed by atoms with Crippen LogP contribution in [0.25, 0.3) is 43.1 Å². The highest BCUT2D eigenvalue weighted by atomic mass is 16.5. The summed E-state index contributed by atoms with van der Waals surface area (Å²) in [4.78, 5) is 51.1. The predicted octanol–water partition coefficient (Wildman–Crippen LogP) is 5.25. The van der Waals surface area contributed by atoms with Gasteiger partial charge in [-0.3, -0.25) is 19.2 Å². The Morgan fingerprint density at radius 1 is 0.636 bits per heavy atom. The van der Waals surface area contributed by atoms with Gasteiger partial charge in [-0.05, 0) is 57.9 Å². The summed E-state index contributed by atoms with van der Waals surface area (Å²) in [6, 6.07) is 2.91. The number of fused-ring (bicyclic) bond motifs is 5. The molecule has 5 rings (SSSR count). The lowest BCUT2D eigenvalue weighted by Gasteiger charge is -2.19. The van der Waals surface area contributed by atoms with Gasteiger partial charge in [0.15, 0.2) is 16.3 Å². The molecule has 0 aliphatic rings. The van der Waals surface area contributed by atoms with E-state index in [9.17, 15) is 44.7 Å². The SMILES string of the molecule is CC(=O)OC(CC=C(C)C)c1cc(=O)c2c(O)c3c(c(O)c2c1O)c(CC=C(C)C)c1c(O)c2c(=O)ccc(=O)c2c(O)c13. The van der Waals surface area contributed by atoms with Crippen molar-refractivity contribution in [2.75, 3.05) is 0 Å². The van der Waals surface area contributed by atoms with Gasteiger partial charge in [0.05, 0.1) is 21.5 Å². The highest BCUT2D eigenvalue weighted by Crippen LogP contribution is 2.55. The lowest BCUT2D eigenvalue weighted by molar-refractivity contribution is -0.146. The van der Waals surface area contributed by atoms with E-state index in [1.165, 1.54) is 6.92 Å². The molecule has 0 amide bonds. The zero-order valence-electron chi connectivity index (χ0n) is 24.7. The number of rotatable bonds is 6. The molecule has 10 nitrogen and oxygen atoms in total. The Labute approximate surface area is 249 Å². The third-order valence-corrected chi connectivity index (χ3v) is 7.78. The molecule has 0 bridgehead atoms. The van der Waals surface area contributed by atoms with Gasteiger partial charge < -0.3 is 30.3 Å². The number of hydrogen-bond acceptors (Lipinski definition) is 10. The summed E-state index contributed by atoms with van der Waals surface area (Å²) in [5.74, 6) is -4.05. The van der Waals surface area contributed by atoms with E-state index in [0.717, 1.165) is 29.3 Å². The van der Waals surface area contributed by atoms with E-state index in [1.807, 2.05) is 13.8 Å². The maximum atomic E-state index is 13.6. The van der Waals surface area contributed by atoms with Gasteiger partial charge in [0.2, 0.25) is 0 Å². The fourth-order valence-corrected chi connectivity index (χ4v) is 5.88. The summed E-state index contributed by atoms with van der Waals surface area (Å²) in [7, 11) is 0.